The molecule has 5 nitrogen and oxygen atoms in total. The van der Waals surface area contributed by atoms with Crippen molar-refractivity contribution in [2.24, 2.45) is 5.92 Å². The summed E-state index contributed by atoms with van der Waals surface area (Å²) >= 11 is 0. The van der Waals surface area contributed by atoms with E-state index in [2.05, 4.69) is 37.1 Å². The maximum atomic E-state index is 12.2. The molecule has 0 radical (unpaired) electrons. The number of nitrogens with zero attached hydrogens (tertiary/aromatic N) is 1. The van der Waals surface area contributed by atoms with E-state index in [1.165, 1.54) is 5.56 Å². The van der Waals surface area contributed by atoms with E-state index in [0.717, 1.165) is 30.4 Å². The summed E-state index contributed by atoms with van der Waals surface area (Å²) in [7, 11) is 0. The largest absolute Gasteiger partial charge is 0.439 e. The van der Waals surface area contributed by atoms with Crippen LogP contribution in [0.4, 0.5) is 0 Å². The predicted octanol–water partition coefficient (Wildman–Crippen LogP) is 3.29. The Morgan fingerprint density at radius 2 is 2.17 bits per heavy atom. The molecule has 1 aliphatic carbocycles. The molecule has 0 unspecified atom stereocenters. The minimum atomic E-state index is -0.352. The van der Waals surface area contributed by atoms with Crippen LogP contribution in [0.25, 0.3) is 11.1 Å². The topological polar surface area (TPSA) is 75.4 Å². The predicted molar refractivity (Wildman–Crippen MR) is 92.5 cm³/mol. The molecule has 2 atom stereocenters. The third kappa shape index (κ3) is 3.78. The molecule has 1 saturated carbocycles. The van der Waals surface area contributed by atoms with E-state index >= 15 is 0 Å². The lowest BCUT2D eigenvalue weighted by atomic mass is 9.87. The van der Waals surface area contributed by atoms with Gasteiger partial charge in [0.25, 0.3) is 0 Å². The quantitative estimate of drug-likeness (QED) is 0.905. The van der Waals surface area contributed by atoms with Gasteiger partial charge in [-0.3, -0.25) is 4.79 Å². The summed E-state index contributed by atoms with van der Waals surface area (Å²) in [6.07, 6.45) is 2.73. The summed E-state index contributed by atoms with van der Waals surface area (Å²) in [4.78, 5) is 16.7. The van der Waals surface area contributed by atoms with Gasteiger partial charge in [-0.1, -0.05) is 33.3 Å². The molecule has 0 saturated heterocycles. The van der Waals surface area contributed by atoms with Crippen molar-refractivity contribution in [3.63, 3.8) is 0 Å². The summed E-state index contributed by atoms with van der Waals surface area (Å²) in [6, 6.07) is 6.03. The first-order valence-electron chi connectivity index (χ1n) is 8.68. The highest BCUT2D eigenvalue weighted by Gasteiger charge is 2.26. The van der Waals surface area contributed by atoms with Gasteiger partial charge in [-0.2, -0.15) is 0 Å². The van der Waals surface area contributed by atoms with Crippen molar-refractivity contribution in [2.75, 3.05) is 0 Å². The number of aliphatic hydroxyl groups excluding tert-OH is 1. The Hall–Kier alpha value is -1.88. The van der Waals surface area contributed by atoms with Crippen LogP contribution in [0.5, 0.6) is 0 Å². The number of hydrogen-bond donors (Lipinski definition) is 2. The highest BCUT2D eigenvalue weighted by Crippen LogP contribution is 2.27. The SMILES string of the molecule is CC(C)(C)c1ccc2oc(CNC(=O)[C@H]3CCC[C@H](O)C3)nc2c1. The van der Waals surface area contributed by atoms with Crippen LogP contribution < -0.4 is 5.32 Å². The van der Waals surface area contributed by atoms with E-state index in [0.29, 0.717) is 12.3 Å². The molecule has 0 bridgehead atoms. The van der Waals surface area contributed by atoms with Crippen molar-refractivity contribution in [3.05, 3.63) is 29.7 Å². The fraction of sp³-hybridized carbons (Fsp3) is 0.579. The minimum absolute atomic E-state index is 0.0219. The molecule has 1 aliphatic rings. The summed E-state index contributed by atoms with van der Waals surface area (Å²) in [5.74, 6) is 0.387. The number of amides is 1. The lowest BCUT2D eigenvalue weighted by Gasteiger charge is -2.24. The molecule has 5 heteroatoms. The normalized spacial score (nSPS) is 21.8. The van der Waals surface area contributed by atoms with Crippen LogP contribution in [0.2, 0.25) is 0 Å². The Bertz CT molecular complexity index is 730. The number of oxazole rings is 1. The van der Waals surface area contributed by atoms with Gasteiger partial charge in [0.1, 0.15) is 5.52 Å². The van der Waals surface area contributed by atoms with Gasteiger partial charge in [0.2, 0.25) is 11.8 Å². The molecular formula is C19H26N2O3. The molecular weight excluding hydrogens is 304 g/mol. The monoisotopic (exact) mass is 330 g/mol. The van der Waals surface area contributed by atoms with Crippen LogP contribution in [0, 0.1) is 5.92 Å². The molecule has 3 rings (SSSR count). The molecule has 2 aromatic rings. The van der Waals surface area contributed by atoms with E-state index in [9.17, 15) is 9.90 Å². The zero-order valence-corrected chi connectivity index (χ0v) is 14.6. The number of hydrogen-bond acceptors (Lipinski definition) is 4. The fourth-order valence-corrected chi connectivity index (χ4v) is 3.23. The maximum Gasteiger partial charge on any atom is 0.223 e. The van der Waals surface area contributed by atoms with E-state index in [-0.39, 0.29) is 29.9 Å². The van der Waals surface area contributed by atoms with Crippen molar-refractivity contribution in [3.8, 4) is 0 Å². The molecule has 130 valence electrons. The Labute approximate surface area is 142 Å². The van der Waals surface area contributed by atoms with E-state index in [1.54, 1.807) is 0 Å². The third-order valence-corrected chi connectivity index (χ3v) is 4.73. The van der Waals surface area contributed by atoms with Crippen LogP contribution in [-0.2, 0) is 16.8 Å². The highest BCUT2D eigenvalue weighted by molar-refractivity contribution is 5.79. The Morgan fingerprint density at radius 1 is 1.38 bits per heavy atom. The van der Waals surface area contributed by atoms with Crippen molar-refractivity contribution in [1.82, 2.24) is 10.3 Å². The van der Waals surface area contributed by atoms with Crippen LogP contribution in [-0.4, -0.2) is 22.1 Å². The smallest absolute Gasteiger partial charge is 0.223 e. The zero-order chi connectivity index (χ0) is 17.3. The lowest BCUT2D eigenvalue weighted by Crippen LogP contribution is -2.34. The molecule has 0 aliphatic heterocycles. The van der Waals surface area contributed by atoms with Gasteiger partial charge in [0.05, 0.1) is 12.6 Å². The summed E-state index contributed by atoms with van der Waals surface area (Å²) < 4.78 is 5.72. The standard InChI is InChI=1S/C19H26N2O3/c1-19(2,3)13-7-8-16-15(10-13)21-17(24-16)11-20-18(23)12-5-4-6-14(22)9-12/h7-8,10,12,14,22H,4-6,9,11H2,1-3H3,(H,20,23)/t12-,14-/m0/s1. The van der Waals surface area contributed by atoms with Crippen molar-refractivity contribution < 1.29 is 14.3 Å². The Kier molecular flexibility index (Phi) is 4.63. The summed E-state index contributed by atoms with van der Waals surface area (Å²) in [5, 5.41) is 12.6. The molecule has 1 aromatic heterocycles. The lowest BCUT2D eigenvalue weighted by molar-refractivity contribution is -0.127. The number of fused-ring (bicyclic) bond motifs is 1. The number of rotatable bonds is 3. The average molecular weight is 330 g/mol. The number of benzene rings is 1. The minimum Gasteiger partial charge on any atom is -0.439 e. The van der Waals surface area contributed by atoms with Crippen molar-refractivity contribution >= 4 is 17.0 Å². The number of aliphatic hydroxyl groups is 1. The molecule has 1 fully saturated rings. The first-order valence-corrected chi connectivity index (χ1v) is 8.68. The Balaban J connectivity index is 1.66. The molecule has 1 aromatic carbocycles. The van der Waals surface area contributed by atoms with Crippen LogP contribution in [0.15, 0.2) is 22.6 Å². The molecule has 1 amide bonds. The van der Waals surface area contributed by atoms with Crippen molar-refractivity contribution in [2.45, 2.75) is 64.5 Å². The molecule has 2 N–H and O–H groups in total. The molecule has 0 spiro atoms. The van der Waals surface area contributed by atoms with Crippen LogP contribution in [0.1, 0.15) is 57.9 Å². The summed E-state index contributed by atoms with van der Waals surface area (Å²) in [6.45, 7) is 6.76. The second kappa shape index (κ2) is 6.55. The first kappa shape index (κ1) is 17.0. The third-order valence-electron chi connectivity index (χ3n) is 4.73. The van der Waals surface area contributed by atoms with Crippen LogP contribution >= 0.6 is 0 Å². The van der Waals surface area contributed by atoms with E-state index in [1.807, 2.05) is 12.1 Å². The molecule has 24 heavy (non-hydrogen) atoms. The zero-order valence-electron chi connectivity index (χ0n) is 14.6. The van der Waals surface area contributed by atoms with Gasteiger partial charge in [0, 0.05) is 5.92 Å². The number of aromatic nitrogens is 1. The van der Waals surface area contributed by atoms with Gasteiger partial charge in [-0.05, 0) is 42.4 Å². The number of nitrogens with one attached hydrogen (secondary N) is 1. The average Bonchev–Trinajstić information content (AvgIpc) is 2.93. The number of carbonyl (C=O) groups is 1. The first-order chi connectivity index (χ1) is 11.3. The van der Waals surface area contributed by atoms with Gasteiger partial charge in [-0.25, -0.2) is 4.98 Å². The highest BCUT2D eigenvalue weighted by atomic mass is 16.3. The Morgan fingerprint density at radius 3 is 2.88 bits per heavy atom. The second-order valence-corrected chi connectivity index (χ2v) is 7.78. The number of carbonyl (C=O) groups excluding carboxylic acids is 1. The van der Waals surface area contributed by atoms with E-state index in [4.69, 9.17) is 4.42 Å². The fourth-order valence-electron chi connectivity index (χ4n) is 3.23. The summed E-state index contributed by atoms with van der Waals surface area (Å²) in [5.41, 5.74) is 2.82. The second-order valence-electron chi connectivity index (χ2n) is 7.78. The van der Waals surface area contributed by atoms with Crippen molar-refractivity contribution in [1.29, 1.82) is 0 Å². The molecule has 1 heterocycles. The van der Waals surface area contributed by atoms with Gasteiger partial charge in [0.15, 0.2) is 5.58 Å². The van der Waals surface area contributed by atoms with Gasteiger partial charge < -0.3 is 14.8 Å². The van der Waals surface area contributed by atoms with Gasteiger partial charge in [-0.15, -0.1) is 0 Å². The van der Waals surface area contributed by atoms with Gasteiger partial charge >= 0.3 is 0 Å². The van der Waals surface area contributed by atoms with Crippen LogP contribution in [0.3, 0.4) is 0 Å². The maximum absolute atomic E-state index is 12.2. The van der Waals surface area contributed by atoms with E-state index < -0.39 is 0 Å².